The van der Waals surface area contributed by atoms with Crippen LogP contribution in [-0.2, 0) is 0 Å². The molecule has 0 unspecified atom stereocenters. The highest BCUT2D eigenvalue weighted by Gasteiger charge is 2.19. The zero-order chi connectivity index (χ0) is 18.2. The Morgan fingerprint density at radius 2 is 1.69 bits per heavy atom. The molecule has 2 aromatic carbocycles. The number of rotatable bonds is 10. The van der Waals surface area contributed by atoms with Gasteiger partial charge in [-0.15, -0.1) is 0 Å². The van der Waals surface area contributed by atoms with Crippen molar-refractivity contribution in [2.75, 3.05) is 19.7 Å². The van der Waals surface area contributed by atoms with E-state index in [9.17, 15) is 4.79 Å². The van der Waals surface area contributed by atoms with E-state index in [0.717, 1.165) is 29.2 Å². The Balaban J connectivity index is 1.39. The third-order valence-corrected chi connectivity index (χ3v) is 4.95. The number of ketones is 1. The van der Waals surface area contributed by atoms with Gasteiger partial charge in [0.25, 0.3) is 0 Å². The fourth-order valence-electron chi connectivity index (χ4n) is 2.66. The van der Waals surface area contributed by atoms with Crippen LogP contribution in [0.1, 0.15) is 35.2 Å². The molecule has 0 heterocycles. The summed E-state index contributed by atoms with van der Waals surface area (Å²) < 4.78 is 6.65. The van der Waals surface area contributed by atoms with Gasteiger partial charge in [0.2, 0.25) is 0 Å². The Hall–Kier alpha value is -1.91. The molecule has 1 fully saturated rings. The lowest BCUT2D eigenvalue weighted by molar-refractivity contribution is 0.103. The van der Waals surface area contributed by atoms with Gasteiger partial charge in [0.1, 0.15) is 12.4 Å². The fourth-order valence-corrected chi connectivity index (χ4v) is 2.93. The Morgan fingerprint density at radius 3 is 2.35 bits per heavy atom. The van der Waals surface area contributed by atoms with Crippen LogP contribution in [0, 0.1) is 5.92 Å². The number of carbonyl (C=O) groups excluding carboxylic acids is 1. The maximum atomic E-state index is 12.4. The summed E-state index contributed by atoms with van der Waals surface area (Å²) >= 11 is 3.38. The lowest BCUT2D eigenvalue weighted by Crippen LogP contribution is -2.15. The molecule has 1 aliphatic rings. The predicted octanol–water partition coefficient (Wildman–Crippen LogP) is 5.00. The maximum absolute atomic E-state index is 12.4. The number of nitrogens with one attached hydrogen (secondary N) is 1. The standard InChI is InChI=1S/C22H24BrNO2/c23-20-9-5-18(6-10-20)22(25)19-7-11-21(12-8-19)26-16-2-1-14-24-15-13-17-3-4-17/h1-2,5-12,17,24H,3-4,13-16H2. The second-order valence-corrected chi connectivity index (χ2v) is 7.49. The molecule has 26 heavy (non-hydrogen) atoms. The van der Waals surface area contributed by atoms with E-state index in [1.54, 1.807) is 0 Å². The van der Waals surface area contributed by atoms with Crippen molar-refractivity contribution < 1.29 is 9.53 Å². The van der Waals surface area contributed by atoms with Crippen LogP contribution in [0.4, 0.5) is 0 Å². The molecule has 3 nitrogen and oxygen atoms in total. The number of halogens is 1. The van der Waals surface area contributed by atoms with Crippen LogP contribution in [0.25, 0.3) is 0 Å². The minimum Gasteiger partial charge on any atom is -0.490 e. The van der Waals surface area contributed by atoms with Gasteiger partial charge in [-0.2, -0.15) is 0 Å². The zero-order valence-corrected chi connectivity index (χ0v) is 16.4. The number of benzene rings is 2. The molecule has 1 N–H and O–H groups in total. The van der Waals surface area contributed by atoms with Gasteiger partial charge >= 0.3 is 0 Å². The first kappa shape index (κ1) is 18.9. The van der Waals surface area contributed by atoms with Crippen LogP contribution in [0.2, 0.25) is 0 Å². The predicted molar refractivity (Wildman–Crippen MR) is 109 cm³/mol. The van der Waals surface area contributed by atoms with Crippen LogP contribution < -0.4 is 10.1 Å². The molecule has 2 aromatic rings. The minimum atomic E-state index is 0.0150. The molecule has 0 amide bonds. The molecule has 136 valence electrons. The van der Waals surface area contributed by atoms with Crippen molar-refractivity contribution in [1.82, 2.24) is 5.32 Å². The highest BCUT2D eigenvalue weighted by atomic mass is 79.9. The van der Waals surface area contributed by atoms with E-state index in [-0.39, 0.29) is 5.78 Å². The van der Waals surface area contributed by atoms with E-state index in [0.29, 0.717) is 17.7 Å². The first-order valence-corrected chi connectivity index (χ1v) is 9.90. The van der Waals surface area contributed by atoms with Crippen molar-refractivity contribution in [3.8, 4) is 5.75 Å². The first-order chi connectivity index (χ1) is 12.7. The number of hydrogen-bond acceptors (Lipinski definition) is 3. The molecule has 4 heteroatoms. The smallest absolute Gasteiger partial charge is 0.193 e. The Bertz CT molecular complexity index is 734. The molecule has 0 radical (unpaired) electrons. The average Bonchev–Trinajstić information content (AvgIpc) is 3.49. The molecule has 3 rings (SSSR count). The Kier molecular flexibility index (Phi) is 7.04. The lowest BCUT2D eigenvalue weighted by Gasteiger charge is -2.05. The van der Waals surface area contributed by atoms with Gasteiger partial charge in [0.15, 0.2) is 5.78 Å². The van der Waals surface area contributed by atoms with Crippen molar-refractivity contribution >= 4 is 21.7 Å². The molecule has 0 saturated heterocycles. The van der Waals surface area contributed by atoms with Crippen molar-refractivity contribution in [2.24, 2.45) is 5.92 Å². The largest absolute Gasteiger partial charge is 0.490 e. The summed E-state index contributed by atoms with van der Waals surface area (Å²) in [4.78, 5) is 12.4. The average molecular weight is 414 g/mol. The van der Waals surface area contributed by atoms with Gasteiger partial charge in [0, 0.05) is 22.1 Å². The monoisotopic (exact) mass is 413 g/mol. The molecule has 0 aromatic heterocycles. The number of ether oxygens (including phenoxy) is 1. The van der Waals surface area contributed by atoms with E-state index in [4.69, 9.17) is 4.74 Å². The van der Waals surface area contributed by atoms with Crippen LogP contribution in [0.15, 0.2) is 65.2 Å². The van der Waals surface area contributed by atoms with Gasteiger partial charge < -0.3 is 10.1 Å². The topological polar surface area (TPSA) is 38.3 Å². The normalized spacial score (nSPS) is 13.9. The van der Waals surface area contributed by atoms with Crippen molar-refractivity contribution in [3.05, 3.63) is 76.3 Å². The SMILES string of the molecule is O=C(c1ccc(Br)cc1)c1ccc(OCC=CCNCCC2CC2)cc1. The molecular weight excluding hydrogens is 390 g/mol. The summed E-state index contributed by atoms with van der Waals surface area (Å²) in [6, 6.07) is 14.7. The second kappa shape index (κ2) is 9.70. The Labute approximate surface area is 163 Å². The van der Waals surface area contributed by atoms with E-state index < -0.39 is 0 Å². The van der Waals surface area contributed by atoms with Crippen LogP contribution in [0.5, 0.6) is 5.75 Å². The molecule has 0 spiro atoms. The molecule has 0 bridgehead atoms. The van der Waals surface area contributed by atoms with E-state index in [1.165, 1.54) is 19.3 Å². The molecule has 1 saturated carbocycles. The van der Waals surface area contributed by atoms with Crippen LogP contribution >= 0.6 is 15.9 Å². The summed E-state index contributed by atoms with van der Waals surface area (Å²) in [5.41, 5.74) is 1.34. The third-order valence-electron chi connectivity index (χ3n) is 4.42. The van der Waals surface area contributed by atoms with Crippen molar-refractivity contribution in [3.63, 3.8) is 0 Å². The third kappa shape index (κ3) is 6.11. The van der Waals surface area contributed by atoms with E-state index in [1.807, 2.05) is 54.6 Å². The Morgan fingerprint density at radius 1 is 1.04 bits per heavy atom. The highest BCUT2D eigenvalue weighted by Crippen LogP contribution is 2.31. The van der Waals surface area contributed by atoms with Crippen molar-refractivity contribution in [1.29, 1.82) is 0 Å². The number of carbonyl (C=O) groups is 1. The lowest BCUT2D eigenvalue weighted by atomic mass is 10.0. The van der Waals surface area contributed by atoms with Gasteiger partial charge in [0.05, 0.1) is 0 Å². The van der Waals surface area contributed by atoms with Gasteiger partial charge in [-0.05, 0) is 67.4 Å². The molecule has 0 atom stereocenters. The molecular formula is C22H24BrNO2. The van der Waals surface area contributed by atoms with E-state index >= 15 is 0 Å². The summed E-state index contributed by atoms with van der Waals surface area (Å²) in [7, 11) is 0. The minimum absolute atomic E-state index is 0.0150. The summed E-state index contributed by atoms with van der Waals surface area (Å²) in [5, 5.41) is 3.41. The highest BCUT2D eigenvalue weighted by molar-refractivity contribution is 9.10. The zero-order valence-electron chi connectivity index (χ0n) is 14.8. The molecule has 1 aliphatic carbocycles. The van der Waals surface area contributed by atoms with Crippen molar-refractivity contribution in [2.45, 2.75) is 19.3 Å². The van der Waals surface area contributed by atoms with Gasteiger partial charge in [-0.3, -0.25) is 4.79 Å². The second-order valence-electron chi connectivity index (χ2n) is 6.58. The first-order valence-electron chi connectivity index (χ1n) is 9.11. The summed E-state index contributed by atoms with van der Waals surface area (Å²) in [5.74, 6) is 1.76. The van der Waals surface area contributed by atoms with Gasteiger partial charge in [-0.25, -0.2) is 0 Å². The fraction of sp³-hybridized carbons (Fsp3) is 0.318. The van der Waals surface area contributed by atoms with E-state index in [2.05, 4.69) is 27.3 Å². The van der Waals surface area contributed by atoms with Crippen LogP contribution in [-0.4, -0.2) is 25.5 Å². The maximum Gasteiger partial charge on any atom is 0.193 e. The summed E-state index contributed by atoms with van der Waals surface area (Å²) in [6.07, 6.45) is 8.25. The quantitative estimate of drug-likeness (QED) is 0.338. The number of hydrogen-bond donors (Lipinski definition) is 1. The summed E-state index contributed by atoms with van der Waals surface area (Å²) in [6.45, 7) is 2.52. The van der Waals surface area contributed by atoms with Crippen LogP contribution in [0.3, 0.4) is 0 Å². The molecule has 0 aliphatic heterocycles. The van der Waals surface area contributed by atoms with Gasteiger partial charge in [-0.1, -0.05) is 40.9 Å².